The van der Waals surface area contributed by atoms with Gasteiger partial charge in [-0.15, -0.1) is 0 Å². The molecule has 0 radical (unpaired) electrons. The van der Waals surface area contributed by atoms with Gasteiger partial charge in [0.15, 0.2) is 9.84 Å². The van der Waals surface area contributed by atoms with Crippen LogP contribution in [0.2, 0.25) is 0 Å². The number of rotatable bonds is 10. The lowest BCUT2D eigenvalue weighted by Crippen LogP contribution is -2.30. The number of hydrogen-bond acceptors (Lipinski definition) is 4. The lowest BCUT2D eigenvalue weighted by molar-refractivity contribution is 0.416. The number of aromatic nitrogens is 1. The topological polar surface area (TPSA) is 71.2 Å². The normalized spacial score (nSPS) is 12.6. The molecule has 0 aliphatic carbocycles. The molecular formula is C24H30N2O3S. The van der Waals surface area contributed by atoms with E-state index in [1.807, 2.05) is 18.2 Å². The lowest BCUT2D eigenvalue weighted by Gasteiger charge is -2.16. The highest BCUT2D eigenvalue weighted by Gasteiger charge is 2.16. The Hall–Kier alpha value is -2.57. The van der Waals surface area contributed by atoms with Crippen molar-refractivity contribution < 1.29 is 13.2 Å². The van der Waals surface area contributed by atoms with Crippen LogP contribution in [-0.4, -0.2) is 32.3 Å². The molecule has 0 saturated carbocycles. The first-order valence-corrected chi connectivity index (χ1v) is 12.0. The summed E-state index contributed by atoms with van der Waals surface area (Å²) >= 11 is 0. The van der Waals surface area contributed by atoms with E-state index in [0.29, 0.717) is 23.2 Å². The second kappa shape index (κ2) is 9.96. The van der Waals surface area contributed by atoms with Crippen LogP contribution in [0.5, 0.6) is 5.75 Å². The number of benzene rings is 2. The summed E-state index contributed by atoms with van der Waals surface area (Å²) < 4.78 is 30.0. The minimum absolute atomic E-state index is 0.0679. The Labute approximate surface area is 179 Å². The smallest absolute Gasteiger partial charge is 0.178 e. The molecule has 0 bridgehead atoms. The van der Waals surface area contributed by atoms with Gasteiger partial charge in [-0.05, 0) is 48.7 Å². The number of aromatic amines is 1. The van der Waals surface area contributed by atoms with E-state index in [0.717, 1.165) is 29.8 Å². The number of H-pyrrole nitrogens is 1. The van der Waals surface area contributed by atoms with Gasteiger partial charge >= 0.3 is 0 Å². The molecule has 5 nitrogen and oxygen atoms in total. The van der Waals surface area contributed by atoms with Gasteiger partial charge in [-0.25, -0.2) is 8.42 Å². The number of ether oxygens (including phenoxy) is 1. The number of nitrogens with one attached hydrogen (secondary N) is 2. The zero-order valence-corrected chi connectivity index (χ0v) is 18.6. The SMILES string of the molecule is CCC(Cc1ccccc1)NCc1ccc(-c2cc(S(=O)(=O)CC)ccc2OC)[nH]1. The predicted octanol–water partition coefficient (Wildman–Crippen LogP) is 4.59. The van der Waals surface area contributed by atoms with Crippen LogP contribution < -0.4 is 10.1 Å². The summed E-state index contributed by atoms with van der Waals surface area (Å²) in [5.74, 6) is 0.709. The zero-order valence-electron chi connectivity index (χ0n) is 17.8. The second-order valence-electron chi connectivity index (χ2n) is 7.34. The Morgan fingerprint density at radius 2 is 1.80 bits per heavy atom. The molecule has 0 fully saturated rings. The highest BCUT2D eigenvalue weighted by Crippen LogP contribution is 2.32. The molecule has 1 aromatic heterocycles. The highest BCUT2D eigenvalue weighted by molar-refractivity contribution is 7.91. The van der Waals surface area contributed by atoms with Crippen molar-refractivity contribution in [3.8, 4) is 17.0 Å². The average molecular weight is 427 g/mol. The first-order valence-electron chi connectivity index (χ1n) is 10.3. The largest absolute Gasteiger partial charge is 0.496 e. The summed E-state index contributed by atoms with van der Waals surface area (Å²) in [6.45, 7) is 4.54. The maximum absolute atomic E-state index is 12.3. The lowest BCUT2D eigenvalue weighted by atomic mass is 10.0. The van der Waals surface area contributed by atoms with E-state index in [1.165, 1.54) is 5.56 Å². The van der Waals surface area contributed by atoms with Crippen molar-refractivity contribution in [1.29, 1.82) is 0 Å². The molecule has 2 aromatic carbocycles. The van der Waals surface area contributed by atoms with Crippen molar-refractivity contribution in [3.63, 3.8) is 0 Å². The van der Waals surface area contributed by atoms with E-state index in [2.05, 4.69) is 41.5 Å². The molecule has 1 atom stereocenters. The van der Waals surface area contributed by atoms with Crippen LogP contribution in [0.3, 0.4) is 0 Å². The zero-order chi connectivity index (χ0) is 21.6. The molecule has 3 aromatic rings. The Morgan fingerprint density at radius 3 is 2.47 bits per heavy atom. The monoisotopic (exact) mass is 426 g/mol. The third-order valence-electron chi connectivity index (χ3n) is 5.35. The van der Waals surface area contributed by atoms with Gasteiger partial charge < -0.3 is 15.0 Å². The fourth-order valence-electron chi connectivity index (χ4n) is 3.47. The van der Waals surface area contributed by atoms with Gasteiger partial charge in [0.05, 0.1) is 17.8 Å². The van der Waals surface area contributed by atoms with Crippen LogP contribution in [0.25, 0.3) is 11.3 Å². The third-order valence-corrected chi connectivity index (χ3v) is 7.08. The minimum atomic E-state index is -3.28. The van der Waals surface area contributed by atoms with Gasteiger partial charge in [0.25, 0.3) is 0 Å². The predicted molar refractivity (Wildman–Crippen MR) is 122 cm³/mol. The maximum atomic E-state index is 12.3. The molecule has 0 amide bonds. The van der Waals surface area contributed by atoms with Crippen LogP contribution in [0, 0.1) is 0 Å². The maximum Gasteiger partial charge on any atom is 0.178 e. The molecule has 30 heavy (non-hydrogen) atoms. The highest BCUT2D eigenvalue weighted by atomic mass is 32.2. The molecule has 0 aliphatic rings. The van der Waals surface area contributed by atoms with Gasteiger partial charge in [-0.2, -0.15) is 0 Å². The summed E-state index contributed by atoms with van der Waals surface area (Å²) in [6.07, 6.45) is 2.02. The van der Waals surface area contributed by atoms with Crippen molar-refractivity contribution >= 4 is 9.84 Å². The number of hydrogen-bond donors (Lipinski definition) is 2. The van der Waals surface area contributed by atoms with Gasteiger partial charge in [0, 0.05) is 29.5 Å². The molecular weight excluding hydrogens is 396 g/mol. The van der Waals surface area contributed by atoms with Gasteiger partial charge in [0.1, 0.15) is 5.75 Å². The molecule has 0 aliphatic heterocycles. The Morgan fingerprint density at radius 1 is 1.03 bits per heavy atom. The fraction of sp³-hybridized carbons (Fsp3) is 0.333. The standard InChI is InChI=1S/C24H30N2O3S/c1-4-19(15-18-9-7-6-8-10-18)25-17-20-11-13-23(26-20)22-16-21(30(27,28)5-2)12-14-24(22)29-3/h6-14,16,19,25-26H,4-5,15,17H2,1-3H3. The van der Waals surface area contributed by atoms with Crippen molar-refractivity contribution in [2.45, 2.75) is 44.2 Å². The van der Waals surface area contributed by atoms with Crippen molar-refractivity contribution in [1.82, 2.24) is 10.3 Å². The van der Waals surface area contributed by atoms with Gasteiger partial charge in [-0.3, -0.25) is 0 Å². The Kier molecular flexibility index (Phi) is 7.34. The molecule has 160 valence electrons. The van der Waals surface area contributed by atoms with E-state index >= 15 is 0 Å². The Bertz CT molecular complexity index is 1060. The van der Waals surface area contributed by atoms with Crippen LogP contribution in [0.1, 0.15) is 31.5 Å². The second-order valence-corrected chi connectivity index (χ2v) is 9.62. The minimum Gasteiger partial charge on any atom is -0.496 e. The summed E-state index contributed by atoms with van der Waals surface area (Å²) in [5, 5.41) is 3.61. The van der Waals surface area contributed by atoms with E-state index in [9.17, 15) is 8.42 Å². The average Bonchev–Trinajstić information content (AvgIpc) is 3.25. The number of methoxy groups -OCH3 is 1. The van der Waals surface area contributed by atoms with E-state index in [1.54, 1.807) is 32.2 Å². The summed E-state index contributed by atoms with van der Waals surface area (Å²) in [7, 11) is -1.69. The Balaban J connectivity index is 1.75. The van der Waals surface area contributed by atoms with Crippen LogP contribution in [0.15, 0.2) is 65.6 Å². The summed E-state index contributed by atoms with van der Waals surface area (Å²) in [4.78, 5) is 3.72. The summed E-state index contributed by atoms with van der Waals surface area (Å²) in [5.41, 5.74) is 3.95. The van der Waals surface area contributed by atoms with E-state index < -0.39 is 9.84 Å². The first kappa shape index (κ1) is 22.1. The quantitative estimate of drug-likeness (QED) is 0.497. The molecule has 1 unspecified atom stereocenters. The van der Waals surface area contributed by atoms with Crippen LogP contribution in [-0.2, 0) is 22.8 Å². The van der Waals surface area contributed by atoms with Gasteiger partial charge in [0.2, 0.25) is 0 Å². The fourth-order valence-corrected chi connectivity index (χ4v) is 4.38. The van der Waals surface area contributed by atoms with Crippen molar-refractivity contribution in [2.75, 3.05) is 12.9 Å². The number of sulfone groups is 1. The molecule has 1 heterocycles. The molecule has 0 spiro atoms. The first-order chi connectivity index (χ1) is 14.5. The van der Waals surface area contributed by atoms with E-state index in [4.69, 9.17) is 4.74 Å². The van der Waals surface area contributed by atoms with E-state index in [-0.39, 0.29) is 5.75 Å². The van der Waals surface area contributed by atoms with Gasteiger partial charge in [-0.1, -0.05) is 44.2 Å². The third kappa shape index (κ3) is 5.32. The van der Waals surface area contributed by atoms with Crippen molar-refractivity contribution in [2.24, 2.45) is 0 Å². The molecule has 0 saturated heterocycles. The summed E-state index contributed by atoms with van der Waals surface area (Å²) in [6, 6.07) is 19.9. The molecule has 6 heteroatoms. The molecule has 3 rings (SSSR count). The van der Waals surface area contributed by atoms with Crippen LogP contribution in [0.4, 0.5) is 0 Å². The molecule has 2 N–H and O–H groups in total. The van der Waals surface area contributed by atoms with Crippen LogP contribution >= 0.6 is 0 Å². The van der Waals surface area contributed by atoms with Crippen molar-refractivity contribution in [3.05, 3.63) is 71.9 Å².